The molecule has 0 amide bonds. The van der Waals surface area contributed by atoms with Crippen LogP contribution < -0.4 is 0 Å². The lowest BCUT2D eigenvalue weighted by atomic mass is 10.2. The van der Waals surface area contributed by atoms with E-state index >= 15 is 0 Å². The van der Waals surface area contributed by atoms with E-state index in [4.69, 9.17) is 0 Å². The van der Waals surface area contributed by atoms with Gasteiger partial charge in [-0.05, 0) is 34.0 Å². The van der Waals surface area contributed by atoms with Crippen molar-refractivity contribution in [3.63, 3.8) is 0 Å². The normalized spacial score (nSPS) is 10.9. The molecular weight excluding hydrogens is 272 g/mol. The third kappa shape index (κ3) is 2.26. The van der Waals surface area contributed by atoms with Crippen LogP contribution >= 0.6 is 27.3 Å². The Bertz CT molecular complexity index is 451. The molecule has 0 saturated heterocycles. The lowest BCUT2D eigenvalue weighted by Gasteiger charge is -1.98. The third-order valence-electron chi connectivity index (χ3n) is 2.07. The highest BCUT2D eigenvalue weighted by molar-refractivity contribution is 9.11. The molecule has 0 atom stereocenters. The molecule has 0 aliphatic heterocycles. The van der Waals surface area contributed by atoms with Gasteiger partial charge in [-0.2, -0.15) is 0 Å². The number of thiazole rings is 1. The topological polar surface area (TPSA) is 25.8 Å². The molecule has 2 nitrogen and oxygen atoms in total. The molecule has 0 fully saturated rings. The second kappa shape index (κ2) is 4.41. The van der Waals surface area contributed by atoms with Crippen molar-refractivity contribution in [2.45, 2.75) is 19.8 Å². The largest absolute Gasteiger partial charge is 0.264 e. The van der Waals surface area contributed by atoms with Crippen LogP contribution in [0.5, 0.6) is 0 Å². The summed E-state index contributed by atoms with van der Waals surface area (Å²) in [4.78, 5) is 8.71. The van der Waals surface area contributed by atoms with E-state index in [0.29, 0.717) is 5.92 Å². The highest BCUT2D eigenvalue weighted by Gasteiger charge is 2.12. The van der Waals surface area contributed by atoms with E-state index in [9.17, 15) is 0 Å². The van der Waals surface area contributed by atoms with Crippen LogP contribution in [0.3, 0.4) is 0 Å². The van der Waals surface area contributed by atoms with Crippen molar-refractivity contribution in [1.29, 1.82) is 0 Å². The zero-order valence-corrected chi connectivity index (χ0v) is 11.0. The Hall–Kier alpha value is -0.740. The zero-order chi connectivity index (χ0) is 10.8. The quantitative estimate of drug-likeness (QED) is 0.829. The summed E-state index contributed by atoms with van der Waals surface area (Å²) in [6.45, 7) is 4.29. The van der Waals surface area contributed by atoms with Crippen LogP contribution in [0, 0.1) is 0 Å². The zero-order valence-electron chi connectivity index (χ0n) is 8.57. The molecular formula is C11H11BrN2S. The second-order valence-corrected chi connectivity index (χ2v) is 5.89. The number of pyridine rings is 1. The summed E-state index contributed by atoms with van der Waals surface area (Å²) < 4.78 is 1.12. The minimum Gasteiger partial charge on any atom is -0.264 e. The van der Waals surface area contributed by atoms with Gasteiger partial charge >= 0.3 is 0 Å². The number of rotatable bonds is 2. The summed E-state index contributed by atoms with van der Waals surface area (Å²) in [6.07, 6.45) is 3.62. The van der Waals surface area contributed by atoms with Gasteiger partial charge in [-0.25, -0.2) is 4.98 Å². The van der Waals surface area contributed by atoms with Crippen molar-refractivity contribution in [1.82, 2.24) is 9.97 Å². The Morgan fingerprint density at radius 3 is 2.73 bits per heavy atom. The van der Waals surface area contributed by atoms with Crippen molar-refractivity contribution in [2.24, 2.45) is 0 Å². The van der Waals surface area contributed by atoms with E-state index in [2.05, 4.69) is 39.7 Å². The van der Waals surface area contributed by atoms with Crippen LogP contribution in [0.25, 0.3) is 10.6 Å². The van der Waals surface area contributed by atoms with Crippen LogP contribution in [0.2, 0.25) is 0 Å². The number of aromatic nitrogens is 2. The molecule has 78 valence electrons. The molecule has 2 rings (SSSR count). The van der Waals surface area contributed by atoms with Gasteiger partial charge in [0.25, 0.3) is 0 Å². The van der Waals surface area contributed by atoms with Crippen LogP contribution in [0.1, 0.15) is 25.5 Å². The van der Waals surface area contributed by atoms with Crippen molar-refractivity contribution < 1.29 is 0 Å². The summed E-state index contributed by atoms with van der Waals surface area (Å²) in [6, 6.07) is 3.96. The van der Waals surface area contributed by atoms with E-state index in [1.54, 1.807) is 17.5 Å². The second-order valence-electron chi connectivity index (χ2n) is 3.57. The summed E-state index contributed by atoms with van der Waals surface area (Å²) in [7, 11) is 0. The van der Waals surface area contributed by atoms with Crippen LogP contribution in [-0.2, 0) is 0 Å². The number of hydrogen-bond acceptors (Lipinski definition) is 3. The lowest BCUT2D eigenvalue weighted by Crippen LogP contribution is -1.88. The van der Waals surface area contributed by atoms with E-state index in [0.717, 1.165) is 20.1 Å². The van der Waals surface area contributed by atoms with E-state index in [1.165, 1.54) is 0 Å². The smallest absolute Gasteiger partial charge is 0.126 e. The van der Waals surface area contributed by atoms with Gasteiger partial charge in [-0.1, -0.05) is 13.8 Å². The molecule has 0 radical (unpaired) electrons. The van der Waals surface area contributed by atoms with Crippen molar-refractivity contribution in [3.8, 4) is 10.6 Å². The molecule has 0 N–H and O–H groups in total. The minimum absolute atomic E-state index is 0.445. The first-order valence-corrected chi connectivity index (χ1v) is 6.36. The first-order valence-electron chi connectivity index (χ1n) is 4.75. The fraction of sp³-hybridized carbons (Fsp3) is 0.273. The number of nitrogens with zero attached hydrogens (tertiary/aromatic N) is 2. The van der Waals surface area contributed by atoms with Gasteiger partial charge in [0.15, 0.2) is 0 Å². The Morgan fingerprint density at radius 2 is 2.20 bits per heavy atom. The average molecular weight is 283 g/mol. The average Bonchev–Trinajstić information content (AvgIpc) is 2.62. The van der Waals surface area contributed by atoms with Crippen LogP contribution in [0.4, 0.5) is 0 Å². The molecule has 15 heavy (non-hydrogen) atoms. The number of halogens is 1. The van der Waals surface area contributed by atoms with Crippen LogP contribution in [-0.4, -0.2) is 9.97 Å². The number of hydrogen-bond donors (Lipinski definition) is 0. The molecule has 2 heterocycles. The molecule has 0 spiro atoms. The summed E-state index contributed by atoms with van der Waals surface area (Å²) >= 11 is 5.21. The first-order chi connectivity index (χ1) is 7.18. The molecule has 0 aliphatic rings. The third-order valence-corrected chi connectivity index (χ3v) is 3.87. The molecule has 2 aromatic rings. The van der Waals surface area contributed by atoms with Gasteiger partial charge in [-0.3, -0.25) is 4.98 Å². The highest BCUT2D eigenvalue weighted by Crippen LogP contribution is 2.34. The van der Waals surface area contributed by atoms with E-state index in [-0.39, 0.29) is 0 Å². The van der Waals surface area contributed by atoms with Gasteiger partial charge < -0.3 is 0 Å². The first kappa shape index (κ1) is 10.8. The van der Waals surface area contributed by atoms with Gasteiger partial charge in [0.2, 0.25) is 0 Å². The minimum atomic E-state index is 0.445. The van der Waals surface area contributed by atoms with Gasteiger partial charge in [0.05, 0.1) is 9.48 Å². The van der Waals surface area contributed by atoms with Gasteiger partial charge in [-0.15, -0.1) is 11.3 Å². The highest BCUT2D eigenvalue weighted by atomic mass is 79.9. The lowest BCUT2D eigenvalue weighted by molar-refractivity contribution is 0.829. The molecule has 0 aromatic carbocycles. The standard InChI is InChI=1S/C11H11BrN2S/c1-7(2)9-10(12)15-11(14-9)8-4-3-5-13-6-8/h3-7H,1-2H3. The molecule has 0 bridgehead atoms. The Balaban J connectivity index is 2.43. The van der Waals surface area contributed by atoms with Crippen molar-refractivity contribution in [3.05, 3.63) is 34.0 Å². The molecule has 0 unspecified atom stereocenters. The van der Waals surface area contributed by atoms with Crippen molar-refractivity contribution >= 4 is 27.3 Å². The maximum Gasteiger partial charge on any atom is 0.126 e. The monoisotopic (exact) mass is 282 g/mol. The summed E-state index contributed by atoms with van der Waals surface area (Å²) in [5, 5.41) is 1.03. The van der Waals surface area contributed by atoms with E-state index < -0.39 is 0 Å². The molecule has 2 aromatic heterocycles. The fourth-order valence-electron chi connectivity index (χ4n) is 1.28. The SMILES string of the molecule is CC(C)c1nc(-c2cccnc2)sc1Br. The van der Waals surface area contributed by atoms with Crippen LogP contribution in [0.15, 0.2) is 28.3 Å². The predicted octanol–water partition coefficient (Wildman–Crippen LogP) is 4.09. The van der Waals surface area contributed by atoms with Gasteiger partial charge in [0.1, 0.15) is 5.01 Å². The Morgan fingerprint density at radius 1 is 1.40 bits per heavy atom. The Labute approximate surface area is 102 Å². The Kier molecular flexibility index (Phi) is 3.17. The fourth-order valence-corrected chi connectivity index (χ4v) is 3.23. The predicted molar refractivity (Wildman–Crippen MR) is 67.1 cm³/mol. The summed E-state index contributed by atoms with van der Waals surface area (Å²) in [5.74, 6) is 0.445. The summed E-state index contributed by atoms with van der Waals surface area (Å²) in [5.41, 5.74) is 2.20. The molecule has 0 saturated carbocycles. The molecule has 0 aliphatic carbocycles. The van der Waals surface area contributed by atoms with Gasteiger partial charge in [0, 0.05) is 18.0 Å². The van der Waals surface area contributed by atoms with E-state index in [1.807, 2.05) is 18.3 Å². The van der Waals surface area contributed by atoms with Crippen molar-refractivity contribution in [2.75, 3.05) is 0 Å². The maximum atomic E-state index is 4.61. The maximum absolute atomic E-state index is 4.61. The molecule has 4 heteroatoms.